The number of nitrogens with zero attached hydrogens (tertiary/aromatic N) is 2. The molecule has 0 atom stereocenters. The molecule has 180 valence electrons. The number of likely N-dealkylation sites (tertiary alicyclic amines) is 1. The summed E-state index contributed by atoms with van der Waals surface area (Å²) in [6, 6.07) is 11.1. The summed E-state index contributed by atoms with van der Waals surface area (Å²) < 4.78 is 31.4. The van der Waals surface area contributed by atoms with Gasteiger partial charge in [-0.25, -0.2) is 8.42 Å². The van der Waals surface area contributed by atoms with Gasteiger partial charge in [0.05, 0.1) is 12.9 Å². The third-order valence-corrected chi connectivity index (χ3v) is 6.22. The van der Waals surface area contributed by atoms with E-state index in [1.54, 1.807) is 12.3 Å². The minimum atomic E-state index is -3.56. The van der Waals surface area contributed by atoms with Crippen molar-refractivity contribution in [2.45, 2.75) is 45.1 Å². The lowest BCUT2D eigenvalue weighted by molar-refractivity contribution is -0.119. The van der Waals surface area contributed by atoms with E-state index in [4.69, 9.17) is 4.74 Å². The highest BCUT2D eigenvalue weighted by Crippen LogP contribution is 2.21. The number of hydrogen-bond acceptors (Lipinski definition) is 6. The number of pyridine rings is 1. The van der Waals surface area contributed by atoms with Gasteiger partial charge in [0.25, 0.3) is 5.56 Å². The van der Waals surface area contributed by atoms with E-state index in [-0.39, 0.29) is 12.0 Å². The van der Waals surface area contributed by atoms with Gasteiger partial charge >= 0.3 is 0 Å². The van der Waals surface area contributed by atoms with Gasteiger partial charge in [0.2, 0.25) is 15.9 Å². The Bertz CT molecular complexity index is 1070. The highest BCUT2D eigenvalue weighted by molar-refractivity contribution is 7.89. The molecule has 0 bridgehead atoms. The van der Waals surface area contributed by atoms with Crippen LogP contribution in [-0.2, 0) is 21.4 Å². The molecule has 1 aromatic carbocycles. The molecule has 1 saturated heterocycles. The average Bonchev–Trinajstić information content (AvgIpc) is 2.78. The van der Waals surface area contributed by atoms with Crippen molar-refractivity contribution >= 4 is 15.9 Å². The number of benzene rings is 1. The first kappa shape index (κ1) is 25.0. The van der Waals surface area contributed by atoms with Crippen molar-refractivity contribution in [3.63, 3.8) is 0 Å². The van der Waals surface area contributed by atoms with Gasteiger partial charge in [-0.15, -0.1) is 0 Å². The van der Waals surface area contributed by atoms with Crippen LogP contribution in [-0.4, -0.2) is 56.3 Å². The number of aromatic nitrogens is 1. The number of ether oxygens (including phenoxy) is 1. The second kappa shape index (κ2) is 12.0. The molecule has 0 unspecified atom stereocenters. The van der Waals surface area contributed by atoms with Crippen molar-refractivity contribution in [2.24, 2.45) is 0 Å². The highest BCUT2D eigenvalue weighted by atomic mass is 32.2. The SMILES string of the molecule is CS(=O)(=O)NC(=O)CCCn1ccc(-c2ccc(OCCCN3CCCCC3)cc2)cc1=O. The smallest absolute Gasteiger partial charge is 0.251 e. The van der Waals surface area contributed by atoms with Gasteiger partial charge in [-0.3, -0.25) is 14.3 Å². The first-order chi connectivity index (χ1) is 15.8. The summed E-state index contributed by atoms with van der Waals surface area (Å²) in [6.45, 7) is 4.50. The number of amides is 1. The van der Waals surface area contributed by atoms with Gasteiger partial charge in [-0.1, -0.05) is 18.6 Å². The van der Waals surface area contributed by atoms with Crippen LogP contribution in [0.25, 0.3) is 11.1 Å². The number of carbonyl (C=O) groups is 1. The lowest BCUT2D eigenvalue weighted by Crippen LogP contribution is -2.31. The lowest BCUT2D eigenvalue weighted by atomic mass is 10.1. The molecule has 1 aliphatic rings. The summed E-state index contributed by atoms with van der Waals surface area (Å²) in [5, 5.41) is 0. The van der Waals surface area contributed by atoms with E-state index in [9.17, 15) is 18.0 Å². The topological polar surface area (TPSA) is 97.7 Å². The van der Waals surface area contributed by atoms with E-state index in [1.807, 2.05) is 35.1 Å². The molecular weight excluding hydrogens is 442 g/mol. The van der Waals surface area contributed by atoms with Crippen LogP contribution in [0.5, 0.6) is 5.75 Å². The van der Waals surface area contributed by atoms with Gasteiger partial charge in [-0.05, 0) is 68.1 Å². The van der Waals surface area contributed by atoms with Gasteiger partial charge < -0.3 is 14.2 Å². The zero-order valence-corrected chi connectivity index (χ0v) is 20.0. The van der Waals surface area contributed by atoms with E-state index in [1.165, 1.54) is 36.9 Å². The molecule has 1 fully saturated rings. The number of nitrogens with one attached hydrogen (secondary N) is 1. The Labute approximate surface area is 195 Å². The Balaban J connectivity index is 1.45. The Kier molecular flexibility index (Phi) is 9.08. The zero-order valence-electron chi connectivity index (χ0n) is 19.2. The van der Waals surface area contributed by atoms with Crippen molar-refractivity contribution < 1.29 is 17.9 Å². The predicted octanol–water partition coefficient (Wildman–Crippen LogP) is 2.63. The molecule has 3 rings (SSSR count). The Morgan fingerprint density at radius 2 is 1.73 bits per heavy atom. The molecule has 9 heteroatoms. The van der Waals surface area contributed by atoms with Crippen LogP contribution in [0.1, 0.15) is 38.5 Å². The summed E-state index contributed by atoms with van der Waals surface area (Å²) in [7, 11) is -3.56. The molecule has 2 aromatic rings. The molecule has 1 aliphatic heterocycles. The van der Waals surface area contributed by atoms with Gasteiger partial charge in [0.15, 0.2) is 0 Å². The number of hydrogen-bond donors (Lipinski definition) is 1. The van der Waals surface area contributed by atoms with Crippen LogP contribution in [0.3, 0.4) is 0 Å². The van der Waals surface area contributed by atoms with Crippen LogP contribution in [0.2, 0.25) is 0 Å². The molecule has 33 heavy (non-hydrogen) atoms. The van der Waals surface area contributed by atoms with Crippen LogP contribution >= 0.6 is 0 Å². The van der Waals surface area contributed by atoms with E-state index in [0.717, 1.165) is 36.1 Å². The quantitative estimate of drug-likeness (QED) is 0.502. The summed E-state index contributed by atoms with van der Waals surface area (Å²) in [4.78, 5) is 26.5. The number of aryl methyl sites for hydroxylation is 1. The predicted molar refractivity (Wildman–Crippen MR) is 129 cm³/mol. The second-order valence-corrected chi connectivity index (χ2v) is 10.2. The summed E-state index contributed by atoms with van der Waals surface area (Å²) >= 11 is 0. The molecule has 0 saturated carbocycles. The Morgan fingerprint density at radius 3 is 2.39 bits per heavy atom. The molecular formula is C24H33N3O5S. The maximum Gasteiger partial charge on any atom is 0.251 e. The normalized spacial score (nSPS) is 14.7. The maximum absolute atomic E-state index is 12.4. The van der Waals surface area contributed by atoms with E-state index in [0.29, 0.717) is 19.6 Å². The van der Waals surface area contributed by atoms with Crippen LogP contribution < -0.4 is 15.0 Å². The lowest BCUT2D eigenvalue weighted by Gasteiger charge is -2.26. The molecule has 0 aliphatic carbocycles. The van der Waals surface area contributed by atoms with Crippen LogP contribution in [0.15, 0.2) is 47.4 Å². The fourth-order valence-corrected chi connectivity index (χ4v) is 4.46. The van der Waals surface area contributed by atoms with E-state index < -0.39 is 15.9 Å². The van der Waals surface area contributed by atoms with Crippen molar-refractivity contribution in [1.29, 1.82) is 0 Å². The minimum absolute atomic E-state index is 0.0285. The first-order valence-corrected chi connectivity index (χ1v) is 13.4. The van der Waals surface area contributed by atoms with Crippen LogP contribution in [0, 0.1) is 0 Å². The summed E-state index contributed by atoms with van der Waals surface area (Å²) in [5.41, 5.74) is 1.56. The number of carbonyl (C=O) groups excluding carboxylic acids is 1. The van der Waals surface area contributed by atoms with E-state index in [2.05, 4.69) is 4.90 Å². The molecule has 1 N–H and O–H groups in total. The minimum Gasteiger partial charge on any atom is -0.494 e. The van der Waals surface area contributed by atoms with Crippen molar-refractivity contribution in [3.8, 4) is 16.9 Å². The maximum atomic E-state index is 12.4. The third-order valence-electron chi connectivity index (χ3n) is 5.62. The Morgan fingerprint density at radius 1 is 1.00 bits per heavy atom. The fraction of sp³-hybridized carbons (Fsp3) is 0.500. The van der Waals surface area contributed by atoms with Gasteiger partial charge in [0, 0.05) is 31.8 Å². The molecule has 1 aromatic heterocycles. The molecule has 1 amide bonds. The van der Waals surface area contributed by atoms with Gasteiger partial charge in [0.1, 0.15) is 5.75 Å². The van der Waals surface area contributed by atoms with Crippen molar-refractivity contribution in [2.75, 3.05) is 32.5 Å². The average molecular weight is 476 g/mol. The largest absolute Gasteiger partial charge is 0.494 e. The number of rotatable bonds is 11. The van der Waals surface area contributed by atoms with Crippen molar-refractivity contribution in [3.05, 3.63) is 52.9 Å². The standard InChI is InChI=1S/C24H33N3O5S/c1-33(30,31)25-23(28)7-5-16-27-17-12-21(19-24(27)29)20-8-10-22(11-9-20)32-18-6-15-26-13-3-2-4-14-26/h8-12,17,19H,2-7,13-16,18H2,1H3,(H,25,28). The zero-order chi connectivity index (χ0) is 23.7. The summed E-state index contributed by atoms with van der Waals surface area (Å²) in [5.74, 6) is 0.245. The van der Waals surface area contributed by atoms with E-state index >= 15 is 0 Å². The monoisotopic (exact) mass is 475 g/mol. The van der Waals surface area contributed by atoms with Crippen molar-refractivity contribution in [1.82, 2.24) is 14.2 Å². The number of sulfonamides is 1. The second-order valence-electron chi connectivity index (χ2n) is 8.48. The first-order valence-electron chi connectivity index (χ1n) is 11.5. The Hall–Kier alpha value is -2.65. The molecule has 8 nitrogen and oxygen atoms in total. The van der Waals surface area contributed by atoms with Crippen LogP contribution in [0.4, 0.5) is 0 Å². The molecule has 0 radical (unpaired) electrons. The number of piperidine rings is 1. The molecule has 2 heterocycles. The molecule has 0 spiro atoms. The van der Waals surface area contributed by atoms with Gasteiger partial charge in [-0.2, -0.15) is 0 Å². The summed E-state index contributed by atoms with van der Waals surface area (Å²) in [6.07, 6.45) is 7.98. The fourth-order valence-electron chi connectivity index (χ4n) is 3.94. The highest BCUT2D eigenvalue weighted by Gasteiger charge is 2.10. The third kappa shape index (κ3) is 8.66.